The number of carbonyl (C=O) groups excluding carboxylic acids is 1. The third kappa shape index (κ3) is 6.29. The SMILES string of the molecule is O=C(C1CC1)N1CCCc2nc(OC3CCN(C4CCC4)CC3)sc21.O=C(O)C(O)C(O)C(=O)O. The Bertz CT molecular complexity index is 906. The second-order valence-electron chi connectivity index (χ2n) is 9.60. The molecule has 3 heterocycles. The number of carboxylic acid groups (broad SMARTS) is 2. The number of amides is 1. The zero-order valence-electron chi connectivity index (χ0n) is 19.5. The maximum absolute atomic E-state index is 12.5. The van der Waals surface area contributed by atoms with Crippen molar-refractivity contribution < 1.29 is 39.5 Å². The monoisotopic (exact) mass is 511 g/mol. The number of thiazole rings is 1. The minimum Gasteiger partial charge on any atom is -0.479 e. The number of fused-ring (bicyclic) bond motifs is 1. The summed E-state index contributed by atoms with van der Waals surface area (Å²) in [5, 5.41) is 34.4. The van der Waals surface area contributed by atoms with Crippen LogP contribution in [0.4, 0.5) is 5.00 Å². The quantitative estimate of drug-likeness (QED) is 0.417. The lowest BCUT2D eigenvalue weighted by molar-refractivity contribution is -0.165. The lowest BCUT2D eigenvalue weighted by Gasteiger charge is -2.41. The molecule has 2 atom stereocenters. The summed E-state index contributed by atoms with van der Waals surface area (Å²) in [6.45, 7) is 3.17. The number of piperidine rings is 1. The predicted molar refractivity (Wildman–Crippen MR) is 126 cm³/mol. The van der Waals surface area contributed by atoms with E-state index in [2.05, 4.69) is 4.90 Å². The summed E-state index contributed by atoms with van der Waals surface area (Å²) in [6.07, 6.45) is 6.26. The highest BCUT2D eigenvalue weighted by Crippen LogP contribution is 2.41. The summed E-state index contributed by atoms with van der Waals surface area (Å²) in [4.78, 5) is 41.4. The van der Waals surface area contributed by atoms with Crippen molar-refractivity contribution >= 4 is 34.2 Å². The van der Waals surface area contributed by atoms with Crippen molar-refractivity contribution in [1.82, 2.24) is 9.88 Å². The van der Waals surface area contributed by atoms with Crippen molar-refractivity contribution in [3.8, 4) is 5.19 Å². The van der Waals surface area contributed by atoms with Crippen LogP contribution in [0.2, 0.25) is 0 Å². The molecule has 2 saturated carbocycles. The van der Waals surface area contributed by atoms with Gasteiger partial charge in [0, 0.05) is 31.6 Å². The number of hydrogen-bond acceptors (Lipinski definition) is 9. The molecule has 11 nitrogen and oxygen atoms in total. The Morgan fingerprint density at radius 2 is 1.54 bits per heavy atom. The van der Waals surface area contributed by atoms with Gasteiger partial charge >= 0.3 is 11.9 Å². The molecule has 194 valence electrons. The molecule has 1 amide bonds. The molecule has 4 N–H and O–H groups in total. The zero-order valence-corrected chi connectivity index (χ0v) is 20.4. The minimum atomic E-state index is -2.27. The van der Waals surface area contributed by atoms with Crippen LogP contribution in [0.15, 0.2) is 0 Å². The van der Waals surface area contributed by atoms with E-state index in [4.69, 9.17) is 30.1 Å². The van der Waals surface area contributed by atoms with Crippen LogP contribution in [-0.2, 0) is 20.8 Å². The van der Waals surface area contributed by atoms with E-state index in [1.807, 2.05) is 4.90 Å². The molecule has 0 radical (unpaired) electrons. The first kappa shape index (κ1) is 25.8. The summed E-state index contributed by atoms with van der Waals surface area (Å²) in [7, 11) is 0. The molecular formula is C23H33N3O8S. The van der Waals surface area contributed by atoms with E-state index in [-0.39, 0.29) is 12.0 Å². The van der Waals surface area contributed by atoms with Crippen LogP contribution >= 0.6 is 11.3 Å². The largest absolute Gasteiger partial charge is 0.479 e. The molecule has 35 heavy (non-hydrogen) atoms. The molecule has 4 aliphatic rings. The molecule has 0 aromatic carbocycles. The van der Waals surface area contributed by atoms with Gasteiger partial charge in [0.25, 0.3) is 5.19 Å². The van der Waals surface area contributed by atoms with Gasteiger partial charge in [-0.1, -0.05) is 17.8 Å². The lowest BCUT2D eigenvalue weighted by Crippen LogP contribution is -2.46. The van der Waals surface area contributed by atoms with Crippen LogP contribution < -0.4 is 9.64 Å². The van der Waals surface area contributed by atoms with Crippen LogP contribution in [0.5, 0.6) is 5.19 Å². The van der Waals surface area contributed by atoms with Gasteiger partial charge in [0.05, 0.1) is 5.69 Å². The molecule has 0 spiro atoms. The van der Waals surface area contributed by atoms with Gasteiger partial charge in [-0.2, -0.15) is 0 Å². The number of carboxylic acids is 2. The zero-order chi connectivity index (χ0) is 25.1. The molecule has 2 aliphatic carbocycles. The maximum Gasteiger partial charge on any atom is 0.335 e. The van der Waals surface area contributed by atoms with Gasteiger partial charge in [0.15, 0.2) is 12.2 Å². The van der Waals surface area contributed by atoms with E-state index in [9.17, 15) is 14.4 Å². The number of aryl methyl sites for hydroxylation is 1. The molecule has 12 heteroatoms. The highest BCUT2D eigenvalue weighted by Gasteiger charge is 2.37. The maximum atomic E-state index is 12.5. The highest BCUT2D eigenvalue weighted by atomic mass is 32.1. The number of carbonyl (C=O) groups is 3. The van der Waals surface area contributed by atoms with Crippen molar-refractivity contribution in [1.29, 1.82) is 0 Å². The molecule has 5 rings (SSSR count). The number of anilines is 1. The van der Waals surface area contributed by atoms with E-state index in [0.717, 1.165) is 80.1 Å². The Kier molecular flexibility index (Phi) is 8.25. The number of rotatable bonds is 7. The molecule has 0 bridgehead atoms. The Hall–Kier alpha value is -2.28. The first-order chi connectivity index (χ1) is 16.7. The number of hydrogen-bond donors (Lipinski definition) is 4. The summed E-state index contributed by atoms with van der Waals surface area (Å²) < 4.78 is 6.23. The summed E-state index contributed by atoms with van der Waals surface area (Å²) >= 11 is 1.59. The average Bonchev–Trinajstić information content (AvgIpc) is 3.57. The fourth-order valence-corrected chi connectivity index (χ4v) is 5.60. The number of likely N-dealkylation sites (tertiary alicyclic amines) is 1. The van der Waals surface area contributed by atoms with Crippen LogP contribution in [0, 0.1) is 5.92 Å². The smallest absolute Gasteiger partial charge is 0.335 e. The van der Waals surface area contributed by atoms with E-state index in [0.29, 0.717) is 5.91 Å². The second kappa shape index (κ2) is 11.2. The molecule has 3 fully saturated rings. The number of aromatic nitrogens is 1. The molecule has 1 aromatic rings. The van der Waals surface area contributed by atoms with E-state index in [1.54, 1.807) is 11.3 Å². The van der Waals surface area contributed by atoms with Gasteiger partial charge in [-0.25, -0.2) is 14.6 Å². The van der Waals surface area contributed by atoms with Gasteiger partial charge in [0.2, 0.25) is 5.91 Å². The standard InChI is InChI=1S/C19H27N3O2S.C4H6O6/c23-17(13-6-7-13)22-10-2-5-16-18(22)25-19(20-16)24-15-8-11-21(12-9-15)14-3-1-4-14;5-1(3(7)8)2(6)4(9)10/h13-15H,1-12H2;1-2,5-6H,(H,7,8)(H,9,10). The minimum absolute atomic E-state index is 0.272. The normalized spacial score (nSPS) is 22.7. The van der Waals surface area contributed by atoms with Gasteiger partial charge in [-0.15, -0.1) is 0 Å². The van der Waals surface area contributed by atoms with Gasteiger partial charge < -0.3 is 35.0 Å². The number of aliphatic carboxylic acids is 2. The van der Waals surface area contributed by atoms with Crippen LogP contribution in [-0.4, -0.2) is 92.1 Å². The number of nitrogens with zero attached hydrogens (tertiary/aromatic N) is 3. The predicted octanol–water partition coefficient (Wildman–Crippen LogP) is 1.11. The van der Waals surface area contributed by atoms with E-state index in [1.165, 1.54) is 19.3 Å². The average molecular weight is 512 g/mol. The van der Waals surface area contributed by atoms with Crippen molar-refractivity contribution in [3.05, 3.63) is 5.69 Å². The first-order valence-corrected chi connectivity index (χ1v) is 13.1. The van der Waals surface area contributed by atoms with Crippen molar-refractivity contribution in [2.24, 2.45) is 5.92 Å². The topological polar surface area (TPSA) is 161 Å². The molecular weight excluding hydrogens is 478 g/mol. The Morgan fingerprint density at radius 1 is 0.914 bits per heavy atom. The Morgan fingerprint density at radius 3 is 2.06 bits per heavy atom. The lowest BCUT2D eigenvalue weighted by atomic mass is 9.90. The van der Waals surface area contributed by atoms with Gasteiger partial charge in [-0.3, -0.25) is 4.79 Å². The van der Waals surface area contributed by atoms with Gasteiger partial charge in [0.1, 0.15) is 11.1 Å². The third-order valence-corrected chi connectivity index (χ3v) is 8.04. The van der Waals surface area contributed by atoms with Crippen molar-refractivity contribution in [2.75, 3.05) is 24.5 Å². The molecule has 1 aromatic heterocycles. The molecule has 2 unspecified atom stereocenters. The second-order valence-corrected chi connectivity index (χ2v) is 10.5. The number of aliphatic hydroxyl groups is 2. The van der Waals surface area contributed by atoms with Crippen molar-refractivity contribution in [3.63, 3.8) is 0 Å². The van der Waals surface area contributed by atoms with E-state index < -0.39 is 24.1 Å². The first-order valence-electron chi connectivity index (χ1n) is 12.3. The fourth-order valence-electron chi connectivity index (χ4n) is 4.54. The Labute approximate surface area is 207 Å². The van der Waals surface area contributed by atoms with Crippen LogP contribution in [0.3, 0.4) is 0 Å². The highest BCUT2D eigenvalue weighted by molar-refractivity contribution is 7.17. The number of aliphatic hydroxyl groups excluding tert-OH is 2. The fraction of sp³-hybridized carbons (Fsp3) is 0.739. The van der Waals surface area contributed by atoms with Gasteiger partial charge in [-0.05, 0) is 51.4 Å². The molecule has 2 aliphatic heterocycles. The molecule has 1 saturated heterocycles. The van der Waals surface area contributed by atoms with Crippen molar-refractivity contribution in [2.45, 2.75) is 82.1 Å². The third-order valence-electron chi connectivity index (χ3n) is 7.03. The van der Waals surface area contributed by atoms with E-state index >= 15 is 0 Å². The summed E-state index contributed by atoms with van der Waals surface area (Å²) in [5.74, 6) is -2.96. The Balaban J connectivity index is 0.000000248. The van der Waals surface area contributed by atoms with Crippen LogP contribution in [0.1, 0.15) is 57.1 Å². The number of ether oxygens (including phenoxy) is 1. The summed E-state index contributed by atoms with van der Waals surface area (Å²) in [6, 6.07) is 0.843. The summed E-state index contributed by atoms with van der Waals surface area (Å²) in [5.41, 5.74) is 1.08. The van der Waals surface area contributed by atoms with Crippen LogP contribution in [0.25, 0.3) is 0 Å².